The molecule has 0 bridgehead atoms. The molecule has 0 fully saturated rings. The van der Waals surface area contributed by atoms with Gasteiger partial charge >= 0.3 is 5.97 Å². The first kappa shape index (κ1) is 25.2. The number of aromatic amines is 1. The average Bonchev–Trinajstić information content (AvgIpc) is 3.25. The number of H-pyrrole nitrogens is 1. The van der Waals surface area contributed by atoms with Crippen molar-refractivity contribution >= 4 is 17.3 Å². The Morgan fingerprint density at radius 3 is 2.39 bits per heavy atom. The zero-order valence-electron chi connectivity index (χ0n) is 22.0. The molecule has 5 rings (SSSR count). The number of phenols is 1. The third-order valence-corrected chi connectivity index (χ3v) is 7.34. The van der Waals surface area contributed by atoms with Crippen LogP contribution in [0.25, 0.3) is 16.8 Å². The van der Waals surface area contributed by atoms with Crippen molar-refractivity contribution in [1.29, 1.82) is 0 Å². The molecule has 0 spiro atoms. The van der Waals surface area contributed by atoms with Crippen molar-refractivity contribution in [2.75, 3.05) is 0 Å². The number of carbonyl (C=O) groups is 1. The molecule has 0 atom stereocenters. The first-order valence-corrected chi connectivity index (χ1v) is 12.4. The van der Waals surface area contributed by atoms with Gasteiger partial charge in [0.15, 0.2) is 11.4 Å². The number of aryl methyl sites for hydroxylation is 1. The maximum atomic E-state index is 13.3. The molecule has 4 aromatic rings. The molecule has 0 saturated heterocycles. The number of benzene rings is 3. The standard InChI is InChI=1S/C30H30N4O4/c1-17-25(27(36)34(33-17)20-12-13-22-23(15-20)30(4,5)16-29(22,2)3)32-31-24-11-7-10-21(26(24)35)18-8-6-9-19(14-18)28(37)38/h6-15,33,35H,16H2,1-5H3,(H,37,38). The van der Waals surface area contributed by atoms with E-state index in [-0.39, 0.29) is 39.1 Å². The number of azo groups is 1. The molecule has 38 heavy (non-hydrogen) atoms. The van der Waals surface area contributed by atoms with Gasteiger partial charge in [-0.2, -0.15) is 0 Å². The number of nitrogens with zero attached hydrogens (tertiary/aromatic N) is 3. The van der Waals surface area contributed by atoms with E-state index < -0.39 is 5.97 Å². The van der Waals surface area contributed by atoms with Crippen LogP contribution in [-0.4, -0.2) is 26.0 Å². The molecule has 0 aliphatic heterocycles. The lowest BCUT2D eigenvalue weighted by Crippen LogP contribution is -2.18. The molecule has 194 valence electrons. The number of aromatic hydroxyl groups is 1. The highest BCUT2D eigenvalue weighted by Crippen LogP contribution is 2.49. The molecule has 3 N–H and O–H groups in total. The minimum Gasteiger partial charge on any atom is -0.505 e. The number of carboxylic acid groups (broad SMARTS) is 1. The summed E-state index contributed by atoms with van der Waals surface area (Å²) in [4.78, 5) is 24.7. The Kier molecular flexibility index (Phi) is 5.86. The SMILES string of the molecule is Cc1[nH]n(-c2ccc3c(c2)C(C)(C)CC3(C)C)c(=O)c1N=Nc1cccc(-c2cccc(C(=O)O)c2)c1O. The summed E-state index contributed by atoms with van der Waals surface area (Å²) in [5.74, 6) is -1.21. The monoisotopic (exact) mass is 510 g/mol. The number of hydrogen-bond donors (Lipinski definition) is 3. The second kappa shape index (κ2) is 8.83. The zero-order valence-corrected chi connectivity index (χ0v) is 22.0. The maximum absolute atomic E-state index is 13.3. The molecular weight excluding hydrogens is 480 g/mol. The topological polar surface area (TPSA) is 120 Å². The van der Waals surface area contributed by atoms with Gasteiger partial charge in [0, 0.05) is 5.56 Å². The number of carboxylic acids is 1. The van der Waals surface area contributed by atoms with Crippen LogP contribution in [0.1, 0.15) is 61.3 Å². The highest BCUT2D eigenvalue weighted by molar-refractivity contribution is 5.90. The third kappa shape index (κ3) is 4.22. The van der Waals surface area contributed by atoms with Gasteiger partial charge in [-0.3, -0.25) is 9.89 Å². The summed E-state index contributed by atoms with van der Waals surface area (Å²) in [5.41, 5.74) is 4.88. The predicted octanol–water partition coefficient (Wildman–Crippen LogP) is 6.92. The van der Waals surface area contributed by atoms with E-state index in [9.17, 15) is 19.8 Å². The van der Waals surface area contributed by atoms with Crippen molar-refractivity contribution in [3.05, 3.63) is 93.4 Å². The second-order valence-corrected chi connectivity index (χ2v) is 11.2. The van der Waals surface area contributed by atoms with E-state index in [0.29, 0.717) is 16.8 Å². The minimum atomic E-state index is -1.06. The summed E-state index contributed by atoms with van der Waals surface area (Å²) in [6.45, 7) is 10.7. The van der Waals surface area contributed by atoms with E-state index in [1.165, 1.54) is 27.9 Å². The van der Waals surface area contributed by atoms with Crippen molar-refractivity contribution in [2.45, 2.75) is 51.9 Å². The number of aromatic nitrogens is 2. The summed E-state index contributed by atoms with van der Waals surface area (Å²) in [6, 6.07) is 17.3. The first-order valence-electron chi connectivity index (χ1n) is 12.4. The third-order valence-electron chi connectivity index (χ3n) is 7.34. The fraction of sp³-hybridized carbons (Fsp3) is 0.267. The van der Waals surface area contributed by atoms with Crippen LogP contribution in [0.2, 0.25) is 0 Å². The van der Waals surface area contributed by atoms with Gasteiger partial charge in [-0.1, -0.05) is 58.0 Å². The minimum absolute atomic E-state index is 0.00481. The number of rotatable bonds is 5. The molecule has 8 nitrogen and oxygen atoms in total. The van der Waals surface area contributed by atoms with E-state index in [1.807, 2.05) is 6.07 Å². The number of hydrogen-bond acceptors (Lipinski definition) is 5. The maximum Gasteiger partial charge on any atom is 0.335 e. The molecule has 1 aromatic heterocycles. The Hall–Kier alpha value is -4.46. The van der Waals surface area contributed by atoms with Crippen LogP contribution < -0.4 is 5.56 Å². The lowest BCUT2D eigenvalue weighted by molar-refractivity contribution is 0.0697. The molecule has 0 unspecified atom stereocenters. The Bertz CT molecular complexity index is 1670. The van der Waals surface area contributed by atoms with E-state index in [1.54, 1.807) is 37.3 Å². The van der Waals surface area contributed by atoms with Crippen LogP contribution in [0.15, 0.2) is 75.7 Å². The van der Waals surface area contributed by atoms with E-state index in [2.05, 4.69) is 55.2 Å². The van der Waals surface area contributed by atoms with E-state index >= 15 is 0 Å². The first-order chi connectivity index (χ1) is 17.9. The van der Waals surface area contributed by atoms with Crippen LogP contribution >= 0.6 is 0 Å². The van der Waals surface area contributed by atoms with Gasteiger partial charge in [0.2, 0.25) is 0 Å². The quantitative estimate of drug-likeness (QED) is 0.252. The fourth-order valence-electron chi connectivity index (χ4n) is 5.72. The number of nitrogens with one attached hydrogen (secondary N) is 1. The molecule has 8 heteroatoms. The molecular formula is C30H30N4O4. The Morgan fingerprint density at radius 2 is 1.66 bits per heavy atom. The fourth-order valence-corrected chi connectivity index (χ4v) is 5.72. The van der Waals surface area contributed by atoms with Crippen LogP contribution in [0.4, 0.5) is 11.4 Å². The van der Waals surface area contributed by atoms with Crippen molar-refractivity contribution in [1.82, 2.24) is 9.78 Å². The van der Waals surface area contributed by atoms with E-state index in [0.717, 1.165) is 12.1 Å². The number of phenolic OH excluding ortho intramolecular Hbond substituents is 1. The summed E-state index contributed by atoms with van der Waals surface area (Å²) < 4.78 is 1.47. The predicted molar refractivity (Wildman–Crippen MR) is 146 cm³/mol. The molecule has 1 aliphatic rings. The lowest BCUT2D eigenvalue weighted by atomic mass is 9.82. The Labute approximate surface area is 220 Å². The number of aromatic carboxylic acids is 1. The molecule has 0 radical (unpaired) electrons. The van der Waals surface area contributed by atoms with Gasteiger partial charge < -0.3 is 10.2 Å². The van der Waals surface area contributed by atoms with Crippen molar-refractivity contribution in [3.63, 3.8) is 0 Å². The van der Waals surface area contributed by atoms with Crippen molar-refractivity contribution < 1.29 is 15.0 Å². The smallest absolute Gasteiger partial charge is 0.335 e. The highest BCUT2D eigenvalue weighted by Gasteiger charge is 2.41. The Morgan fingerprint density at radius 1 is 0.947 bits per heavy atom. The van der Waals surface area contributed by atoms with Crippen LogP contribution in [0.5, 0.6) is 5.75 Å². The van der Waals surface area contributed by atoms with Crippen LogP contribution in [-0.2, 0) is 10.8 Å². The van der Waals surface area contributed by atoms with Gasteiger partial charge in [0.05, 0.1) is 16.9 Å². The number of fused-ring (bicyclic) bond motifs is 1. The molecule has 1 aliphatic carbocycles. The summed E-state index contributed by atoms with van der Waals surface area (Å²) in [5, 5.41) is 31.6. The van der Waals surface area contributed by atoms with Crippen LogP contribution in [0.3, 0.4) is 0 Å². The largest absolute Gasteiger partial charge is 0.505 e. The Balaban J connectivity index is 1.50. The normalized spacial score (nSPS) is 15.6. The molecule has 1 heterocycles. The van der Waals surface area contributed by atoms with Gasteiger partial charge in [0.1, 0.15) is 5.69 Å². The van der Waals surface area contributed by atoms with Gasteiger partial charge in [-0.05, 0) is 71.2 Å². The highest BCUT2D eigenvalue weighted by atomic mass is 16.4. The average molecular weight is 511 g/mol. The molecule has 0 saturated carbocycles. The van der Waals surface area contributed by atoms with Crippen LogP contribution in [0, 0.1) is 6.92 Å². The summed E-state index contributed by atoms with van der Waals surface area (Å²) in [7, 11) is 0. The van der Waals surface area contributed by atoms with Crippen molar-refractivity contribution in [2.24, 2.45) is 10.2 Å². The van der Waals surface area contributed by atoms with Gasteiger partial charge in [-0.15, -0.1) is 10.2 Å². The summed E-state index contributed by atoms with van der Waals surface area (Å²) in [6.07, 6.45) is 1.03. The molecule has 0 amide bonds. The zero-order chi connectivity index (χ0) is 27.4. The van der Waals surface area contributed by atoms with Crippen molar-refractivity contribution in [3.8, 4) is 22.6 Å². The summed E-state index contributed by atoms with van der Waals surface area (Å²) >= 11 is 0. The lowest BCUT2D eigenvalue weighted by Gasteiger charge is -2.22. The van der Waals surface area contributed by atoms with E-state index in [4.69, 9.17) is 0 Å². The van der Waals surface area contributed by atoms with Gasteiger partial charge in [-0.25, -0.2) is 9.48 Å². The second-order valence-electron chi connectivity index (χ2n) is 11.2. The van der Waals surface area contributed by atoms with Gasteiger partial charge in [0.25, 0.3) is 5.56 Å². The number of para-hydroxylation sites is 1. The molecule has 3 aromatic carbocycles.